The molecule has 0 aliphatic heterocycles. The minimum atomic E-state index is -4.62. The molecule has 1 aromatic carbocycles. The van der Waals surface area contributed by atoms with E-state index in [-0.39, 0.29) is 35.2 Å². The van der Waals surface area contributed by atoms with E-state index in [0.717, 1.165) is 17.7 Å². The molecule has 0 unspecified atom stereocenters. The van der Waals surface area contributed by atoms with Gasteiger partial charge in [-0.1, -0.05) is 0 Å². The van der Waals surface area contributed by atoms with Gasteiger partial charge in [0.25, 0.3) is 5.91 Å². The van der Waals surface area contributed by atoms with Gasteiger partial charge in [-0.05, 0) is 37.6 Å². The first-order valence-electron chi connectivity index (χ1n) is 11.4. The van der Waals surface area contributed by atoms with Gasteiger partial charge in [0.05, 0.1) is 13.7 Å². The quantitative estimate of drug-likeness (QED) is 0.286. The van der Waals surface area contributed by atoms with Crippen molar-refractivity contribution >= 4 is 33.3 Å². The van der Waals surface area contributed by atoms with Crippen LogP contribution in [0.2, 0.25) is 0 Å². The van der Waals surface area contributed by atoms with Gasteiger partial charge in [0, 0.05) is 42.2 Å². The lowest BCUT2D eigenvalue weighted by Crippen LogP contribution is -2.30. The Labute approximate surface area is 214 Å². The molecule has 13 heteroatoms. The smallest absolute Gasteiger partial charge is 0.433 e. The highest BCUT2D eigenvalue weighted by Gasteiger charge is 2.33. The zero-order chi connectivity index (χ0) is 26.6. The summed E-state index contributed by atoms with van der Waals surface area (Å²) < 4.78 is 50.7. The summed E-state index contributed by atoms with van der Waals surface area (Å²) in [4.78, 5) is 27.4. The molecule has 0 aliphatic rings. The average molecular weight is 535 g/mol. The Morgan fingerprint density at radius 2 is 2.05 bits per heavy atom. The average Bonchev–Trinajstić information content (AvgIpc) is 3.57. The fourth-order valence-electron chi connectivity index (χ4n) is 3.80. The zero-order valence-electron chi connectivity index (χ0n) is 20.1. The van der Waals surface area contributed by atoms with Crippen molar-refractivity contribution in [1.29, 1.82) is 0 Å². The molecular weight excluding hydrogens is 509 g/mol. The van der Waals surface area contributed by atoms with E-state index in [4.69, 9.17) is 14.9 Å². The minimum absolute atomic E-state index is 0.00552. The summed E-state index contributed by atoms with van der Waals surface area (Å²) in [7, 11) is 1.34. The van der Waals surface area contributed by atoms with Gasteiger partial charge in [0.2, 0.25) is 5.89 Å². The number of hydrogen-bond donors (Lipinski definition) is 2. The molecule has 0 aliphatic carbocycles. The lowest BCUT2D eigenvalue weighted by Gasteiger charge is -2.19. The van der Waals surface area contributed by atoms with E-state index in [0.29, 0.717) is 30.5 Å². The molecule has 0 bridgehead atoms. The van der Waals surface area contributed by atoms with Crippen LogP contribution in [-0.2, 0) is 12.7 Å². The van der Waals surface area contributed by atoms with E-state index in [1.807, 2.05) is 12.3 Å². The summed E-state index contributed by atoms with van der Waals surface area (Å²) >= 11 is 1.55. The van der Waals surface area contributed by atoms with E-state index in [1.165, 1.54) is 19.2 Å². The van der Waals surface area contributed by atoms with E-state index in [9.17, 15) is 18.0 Å². The van der Waals surface area contributed by atoms with Crippen molar-refractivity contribution < 1.29 is 27.1 Å². The van der Waals surface area contributed by atoms with Gasteiger partial charge in [-0.2, -0.15) is 13.2 Å². The molecular formula is C24H25F3N6O3S. The third-order valence-corrected chi connectivity index (χ3v) is 6.45. The number of oxazole rings is 1. The van der Waals surface area contributed by atoms with Crippen molar-refractivity contribution in [3.63, 3.8) is 0 Å². The molecule has 0 saturated carbocycles. The maximum absolute atomic E-state index is 13.2. The molecule has 4 aromatic rings. The number of fused-ring (bicyclic) bond motifs is 1. The Balaban J connectivity index is 1.55. The summed E-state index contributed by atoms with van der Waals surface area (Å²) in [6, 6.07) is 5.20. The molecule has 0 atom stereocenters. The van der Waals surface area contributed by atoms with Crippen LogP contribution in [0.3, 0.4) is 0 Å². The van der Waals surface area contributed by atoms with E-state index in [1.54, 1.807) is 23.6 Å². The van der Waals surface area contributed by atoms with Crippen molar-refractivity contribution in [3.05, 3.63) is 53.0 Å². The number of carbonyl (C=O) groups excluding carboxylic acids is 1. The second kappa shape index (κ2) is 11.1. The summed E-state index contributed by atoms with van der Waals surface area (Å²) in [5, 5.41) is 5.98. The molecule has 3 heterocycles. The standard InChI is InChI=1S/C24H25F3N6O3S/c1-3-33(23-30-10-12-37-23)11-4-9-29-21(34)20-17(13-28)36-22(32-20)15-5-7-16(35-2)19-14(15)6-8-18(31-19)24(25,26)27/h5-8,10,12H,3-4,9,11,13,28H2,1-2H3,(H,29,34). The van der Waals surface area contributed by atoms with Crippen LogP contribution < -0.4 is 20.7 Å². The molecule has 196 valence electrons. The van der Waals surface area contributed by atoms with E-state index in [2.05, 4.69) is 25.2 Å². The van der Waals surface area contributed by atoms with Crippen LogP contribution in [0.1, 0.15) is 35.3 Å². The van der Waals surface area contributed by atoms with Gasteiger partial charge in [-0.15, -0.1) is 11.3 Å². The second-order valence-electron chi connectivity index (χ2n) is 7.90. The van der Waals surface area contributed by atoms with Crippen molar-refractivity contribution in [1.82, 2.24) is 20.3 Å². The van der Waals surface area contributed by atoms with Crippen molar-refractivity contribution in [2.45, 2.75) is 26.1 Å². The Hall–Kier alpha value is -3.71. The Morgan fingerprint density at radius 1 is 1.24 bits per heavy atom. The number of alkyl halides is 3. The summed E-state index contributed by atoms with van der Waals surface area (Å²) in [6.07, 6.45) is -2.19. The molecule has 37 heavy (non-hydrogen) atoms. The number of nitrogens with zero attached hydrogens (tertiary/aromatic N) is 4. The summed E-state index contributed by atoms with van der Waals surface area (Å²) in [5.74, 6) is -0.0922. The lowest BCUT2D eigenvalue weighted by atomic mass is 10.1. The van der Waals surface area contributed by atoms with Gasteiger partial charge in [-0.25, -0.2) is 15.0 Å². The first kappa shape index (κ1) is 26.4. The van der Waals surface area contributed by atoms with Crippen molar-refractivity contribution in [2.75, 3.05) is 31.6 Å². The second-order valence-corrected chi connectivity index (χ2v) is 8.78. The summed E-state index contributed by atoms with van der Waals surface area (Å²) in [5.41, 5.74) is 5.11. The normalized spacial score (nSPS) is 11.6. The number of halogens is 3. The molecule has 0 saturated heterocycles. The summed E-state index contributed by atoms with van der Waals surface area (Å²) in [6.45, 7) is 3.84. The van der Waals surface area contributed by atoms with Crippen LogP contribution in [-0.4, -0.2) is 47.6 Å². The minimum Gasteiger partial charge on any atom is -0.494 e. The number of nitrogens with one attached hydrogen (secondary N) is 1. The highest BCUT2D eigenvalue weighted by molar-refractivity contribution is 7.13. The molecule has 9 nitrogen and oxygen atoms in total. The van der Waals surface area contributed by atoms with Gasteiger partial charge < -0.3 is 25.1 Å². The molecule has 3 aromatic heterocycles. The predicted molar refractivity (Wildman–Crippen MR) is 134 cm³/mol. The number of carbonyl (C=O) groups is 1. The predicted octanol–water partition coefficient (Wildman–Crippen LogP) is 4.48. The van der Waals surface area contributed by atoms with E-state index < -0.39 is 17.8 Å². The van der Waals surface area contributed by atoms with Crippen LogP contribution in [0, 0.1) is 0 Å². The largest absolute Gasteiger partial charge is 0.494 e. The van der Waals surface area contributed by atoms with Gasteiger partial charge >= 0.3 is 6.18 Å². The van der Waals surface area contributed by atoms with Crippen LogP contribution in [0.15, 0.2) is 40.3 Å². The van der Waals surface area contributed by atoms with Crippen LogP contribution >= 0.6 is 11.3 Å². The van der Waals surface area contributed by atoms with Gasteiger partial charge in [-0.3, -0.25) is 4.79 Å². The number of amides is 1. The van der Waals surface area contributed by atoms with Crippen molar-refractivity contribution in [3.8, 4) is 17.2 Å². The molecule has 1 amide bonds. The van der Waals surface area contributed by atoms with E-state index >= 15 is 0 Å². The number of nitrogens with two attached hydrogens (primary N) is 1. The fourth-order valence-corrected chi connectivity index (χ4v) is 4.54. The highest BCUT2D eigenvalue weighted by atomic mass is 32.1. The number of rotatable bonds is 10. The SMILES string of the molecule is CCN(CCCNC(=O)c1nc(-c2ccc(OC)c3nc(C(F)(F)F)ccc23)oc1CN)c1nccs1. The molecule has 0 spiro atoms. The van der Waals surface area contributed by atoms with Crippen LogP contribution in [0.25, 0.3) is 22.4 Å². The zero-order valence-corrected chi connectivity index (χ0v) is 20.9. The fraction of sp³-hybridized carbons (Fsp3) is 0.333. The first-order valence-corrected chi connectivity index (χ1v) is 12.3. The highest BCUT2D eigenvalue weighted by Crippen LogP contribution is 2.36. The van der Waals surface area contributed by atoms with Crippen LogP contribution in [0.4, 0.5) is 18.3 Å². The maximum Gasteiger partial charge on any atom is 0.433 e. The number of methoxy groups -OCH3 is 1. The molecule has 4 rings (SSSR count). The number of ether oxygens (including phenoxy) is 1. The lowest BCUT2D eigenvalue weighted by molar-refractivity contribution is -0.140. The number of anilines is 1. The molecule has 0 radical (unpaired) electrons. The number of benzene rings is 1. The first-order chi connectivity index (χ1) is 17.8. The third kappa shape index (κ3) is 5.67. The topological polar surface area (TPSA) is 119 Å². The number of pyridine rings is 1. The van der Waals surface area contributed by atoms with Crippen molar-refractivity contribution in [2.24, 2.45) is 5.73 Å². The van der Waals surface area contributed by atoms with Crippen LogP contribution in [0.5, 0.6) is 5.75 Å². The van der Waals surface area contributed by atoms with Gasteiger partial charge in [0.1, 0.15) is 17.0 Å². The molecule has 3 N–H and O–H groups in total. The Morgan fingerprint density at radius 3 is 2.70 bits per heavy atom. The maximum atomic E-state index is 13.2. The number of aromatic nitrogens is 3. The third-order valence-electron chi connectivity index (χ3n) is 5.62. The number of thiazole rings is 1. The molecule has 0 fully saturated rings. The van der Waals surface area contributed by atoms with Gasteiger partial charge in [0.15, 0.2) is 16.6 Å². The Bertz CT molecular complexity index is 1370. The monoisotopic (exact) mass is 534 g/mol. The Kier molecular flexibility index (Phi) is 7.93. The number of hydrogen-bond acceptors (Lipinski definition) is 9.